The summed E-state index contributed by atoms with van der Waals surface area (Å²) in [6.45, 7) is 1.80. The smallest absolute Gasteiger partial charge is 0.224 e. The van der Waals surface area contributed by atoms with Crippen molar-refractivity contribution in [3.63, 3.8) is 0 Å². The van der Waals surface area contributed by atoms with Gasteiger partial charge in [-0.3, -0.25) is 4.79 Å². The first-order valence-electron chi connectivity index (χ1n) is 9.68. The monoisotopic (exact) mass is 348 g/mol. The predicted molar refractivity (Wildman–Crippen MR) is 100.0 cm³/mol. The molecular weight excluding hydrogens is 324 g/mol. The van der Waals surface area contributed by atoms with E-state index in [4.69, 9.17) is 0 Å². The van der Waals surface area contributed by atoms with E-state index in [1.54, 1.807) is 6.20 Å². The van der Waals surface area contributed by atoms with Crippen molar-refractivity contribution >= 4 is 11.7 Å². The zero-order valence-corrected chi connectivity index (χ0v) is 14.9. The number of carbonyl (C=O) groups excluding carboxylic acids is 1. The Morgan fingerprint density at radius 2 is 2.15 bits per heavy atom. The fraction of sp³-hybridized carbons (Fsp3) is 0.476. The van der Waals surface area contributed by atoms with E-state index in [1.165, 1.54) is 11.1 Å². The van der Waals surface area contributed by atoms with E-state index in [-0.39, 0.29) is 23.3 Å². The van der Waals surface area contributed by atoms with Crippen molar-refractivity contribution in [3.8, 4) is 0 Å². The lowest BCUT2D eigenvalue weighted by molar-refractivity contribution is -0.123. The van der Waals surface area contributed by atoms with Crippen LogP contribution in [0.25, 0.3) is 0 Å². The third kappa shape index (κ3) is 2.57. The summed E-state index contributed by atoms with van der Waals surface area (Å²) >= 11 is 0. The van der Waals surface area contributed by atoms with Gasteiger partial charge in [0.15, 0.2) is 5.82 Å². The number of benzene rings is 1. The summed E-state index contributed by atoms with van der Waals surface area (Å²) in [6.07, 6.45) is 7.05. The molecule has 5 rings (SSSR count). The minimum atomic E-state index is 0.125. The van der Waals surface area contributed by atoms with Gasteiger partial charge in [-0.15, -0.1) is 5.10 Å². The van der Waals surface area contributed by atoms with Gasteiger partial charge in [-0.25, -0.2) is 0 Å². The van der Waals surface area contributed by atoms with Crippen molar-refractivity contribution in [2.24, 2.45) is 5.92 Å². The molecule has 134 valence electrons. The van der Waals surface area contributed by atoms with Gasteiger partial charge in [-0.1, -0.05) is 24.3 Å². The summed E-state index contributed by atoms with van der Waals surface area (Å²) < 4.78 is 0. The summed E-state index contributed by atoms with van der Waals surface area (Å²) in [4.78, 5) is 15.2. The van der Waals surface area contributed by atoms with E-state index in [0.29, 0.717) is 0 Å². The summed E-state index contributed by atoms with van der Waals surface area (Å²) in [5.74, 6) is 1.30. The van der Waals surface area contributed by atoms with E-state index in [1.807, 2.05) is 12.1 Å². The largest absolute Gasteiger partial charge is 0.353 e. The van der Waals surface area contributed by atoms with E-state index < -0.39 is 0 Å². The maximum absolute atomic E-state index is 12.9. The van der Waals surface area contributed by atoms with Gasteiger partial charge < -0.3 is 10.2 Å². The average molecular weight is 348 g/mol. The fourth-order valence-corrected chi connectivity index (χ4v) is 5.01. The number of aromatic nitrogens is 2. The zero-order chi connectivity index (χ0) is 17.6. The van der Waals surface area contributed by atoms with Crippen molar-refractivity contribution in [1.82, 2.24) is 15.5 Å². The third-order valence-corrected chi connectivity index (χ3v) is 6.44. The lowest BCUT2D eigenvalue weighted by Gasteiger charge is -2.33. The van der Waals surface area contributed by atoms with Gasteiger partial charge in [-0.2, -0.15) is 5.10 Å². The molecule has 1 aliphatic heterocycles. The summed E-state index contributed by atoms with van der Waals surface area (Å²) in [7, 11) is 0. The second kappa shape index (κ2) is 6.08. The van der Waals surface area contributed by atoms with Crippen LogP contribution in [0.1, 0.15) is 36.8 Å². The first-order chi connectivity index (χ1) is 12.8. The minimum absolute atomic E-state index is 0.125. The predicted octanol–water partition coefficient (Wildman–Crippen LogP) is 2.47. The van der Waals surface area contributed by atoms with Crippen LogP contribution >= 0.6 is 0 Å². The Hall–Kier alpha value is -2.43. The molecule has 1 amide bonds. The van der Waals surface area contributed by atoms with E-state index in [2.05, 4.69) is 44.7 Å². The van der Waals surface area contributed by atoms with Crippen LogP contribution in [0.15, 0.2) is 42.6 Å². The maximum atomic E-state index is 12.9. The highest BCUT2D eigenvalue weighted by Gasteiger charge is 2.61. The number of anilines is 1. The molecule has 0 radical (unpaired) electrons. The van der Waals surface area contributed by atoms with Crippen LogP contribution in [0, 0.1) is 5.92 Å². The molecule has 2 fully saturated rings. The lowest BCUT2D eigenvalue weighted by Crippen LogP contribution is -2.48. The number of fused-ring (bicyclic) bond motifs is 2. The summed E-state index contributed by atoms with van der Waals surface area (Å²) in [5.41, 5.74) is 2.99. The molecule has 3 aliphatic rings. The summed E-state index contributed by atoms with van der Waals surface area (Å²) in [5, 5.41) is 11.5. The van der Waals surface area contributed by atoms with Gasteiger partial charge in [0.2, 0.25) is 5.91 Å². The van der Waals surface area contributed by atoms with Crippen molar-refractivity contribution in [2.75, 3.05) is 18.0 Å². The van der Waals surface area contributed by atoms with Gasteiger partial charge in [-0.05, 0) is 55.4 Å². The van der Waals surface area contributed by atoms with Crippen LogP contribution in [0.2, 0.25) is 0 Å². The highest BCUT2D eigenvalue weighted by molar-refractivity contribution is 5.85. The van der Waals surface area contributed by atoms with E-state index >= 15 is 0 Å². The number of nitrogens with one attached hydrogen (secondary N) is 1. The molecule has 5 heteroatoms. The van der Waals surface area contributed by atoms with Crippen molar-refractivity contribution in [1.29, 1.82) is 0 Å². The first kappa shape index (κ1) is 15.8. The summed E-state index contributed by atoms with van der Waals surface area (Å²) in [6, 6.07) is 12.8. The molecule has 2 aliphatic carbocycles. The molecule has 1 saturated heterocycles. The van der Waals surface area contributed by atoms with Gasteiger partial charge in [0, 0.05) is 36.7 Å². The first-order valence-corrected chi connectivity index (χ1v) is 9.68. The normalized spacial score (nSPS) is 29.5. The quantitative estimate of drug-likeness (QED) is 0.926. The van der Waals surface area contributed by atoms with Crippen molar-refractivity contribution in [2.45, 2.75) is 43.6 Å². The zero-order valence-electron chi connectivity index (χ0n) is 14.9. The number of nitrogens with zero attached hydrogens (tertiary/aromatic N) is 3. The number of amides is 1. The molecule has 3 atom stereocenters. The van der Waals surface area contributed by atoms with Crippen LogP contribution < -0.4 is 10.2 Å². The molecule has 1 saturated carbocycles. The van der Waals surface area contributed by atoms with Crippen LogP contribution in [0.5, 0.6) is 0 Å². The highest BCUT2D eigenvalue weighted by atomic mass is 16.2. The second-order valence-corrected chi connectivity index (χ2v) is 7.95. The van der Waals surface area contributed by atoms with Crippen LogP contribution in [0.3, 0.4) is 0 Å². The van der Waals surface area contributed by atoms with Gasteiger partial charge >= 0.3 is 0 Å². The SMILES string of the molecule is O=C(N[C@@H]1CCCN(c2cccnn2)C1)[C@H]1C[C@@]12CCc1ccccc12. The number of carbonyl (C=O) groups is 1. The van der Waals surface area contributed by atoms with Crippen LogP contribution in [-0.2, 0) is 16.6 Å². The standard InChI is InChI=1S/C21H24N4O/c26-20(18-13-21(18)10-9-15-5-1-2-7-17(15)21)23-16-6-4-12-25(14-16)19-8-3-11-22-24-19/h1-3,5,7-8,11,16,18H,4,6,9-10,12-14H2,(H,23,26)/t16-,18-,21-/m1/s1. The number of rotatable bonds is 3. The van der Waals surface area contributed by atoms with Crippen molar-refractivity contribution < 1.29 is 4.79 Å². The molecule has 26 heavy (non-hydrogen) atoms. The van der Waals surface area contributed by atoms with Crippen LogP contribution in [0.4, 0.5) is 5.82 Å². The molecule has 2 aromatic rings. The lowest BCUT2D eigenvalue weighted by atomic mass is 9.95. The topological polar surface area (TPSA) is 58.1 Å². The maximum Gasteiger partial charge on any atom is 0.224 e. The number of piperidine rings is 1. The molecule has 1 aromatic heterocycles. The van der Waals surface area contributed by atoms with Crippen LogP contribution in [-0.4, -0.2) is 35.2 Å². The Kier molecular flexibility index (Phi) is 3.69. The molecule has 0 unspecified atom stereocenters. The second-order valence-electron chi connectivity index (χ2n) is 7.95. The number of hydrogen-bond donors (Lipinski definition) is 1. The van der Waals surface area contributed by atoms with Gasteiger partial charge in [0.1, 0.15) is 0 Å². The van der Waals surface area contributed by atoms with Gasteiger partial charge in [0.25, 0.3) is 0 Å². The number of hydrogen-bond acceptors (Lipinski definition) is 4. The third-order valence-electron chi connectivity index (χ3n) is 6.44. The van der Waals surface area contributed by atoms with E-state index in [0.717, 1.165) is 51.0 Å². The minimum Gasteiger partial charge on any atom is -0.353 e. The number of aryl methyl sites for hydroxylation is 1. The van der Waals surface area contributed by atoms with Crippen molar-refractivity contribution in [3.05, 3.63) is 53.7 Å². The molecule has 1 N–H and O–H groups in total. The Labute approximate surface area is 153 Å². The molecule has 5 nitrogen and oxygen atoms in total. The highest BCUT2D eigenvalue weighted by Crippen LogP contribution is 2.61. The Balaban J connectivity index is 1.24. The molecule has 1 spiro atoms. The molecule has 2 heterocycles. The average Bonchev–Trinajstić information content (AvgIpc) is 3.32. The molecular formula is C21H24N4O. The molecule has 0 bridgehead atoms. The Morgan fingerprint density at radius 3 is 3.04 bits per heavy atom. The Morgan fingerprint density at radius 1 is 1.23 bits per heavy atom. The Bertz CT molecular complexity index is 824. The molecule has 1 aromatic carbocycles. The fourth-order valence-electron chi connectivity index (χ4n) is 5.01. The van der Waals surface area contributed by atoms with Gasteiger partial charge in [0.05, 0.1) is 0 Å². The van der Waals surface area contributed by atoms with E-state index in [9.17, 15) is 4.79 Å².